The van der Waals surface area contributed by atoms with Crippen LogP contribution in [0.15, 0.2) is 42.7 Å². The summed E-state index contributed by atoms with van der Waals surface area (Å²) in [5, 5.41) is 4.96. The molecule has 96 valence electrons. The lowest BCUT2D eigenvalue weighted by Crippen LogP contribution is -1.95. The van der Waals surface area contributed by atoms with Crippen LogP contribution in [0.25, 0.3) is 22.2 Å². The molecule has 0 bridgehead atoms. The molecule has 1 aromatic carbocycles. The largest absolute Gasteiger partial charge is 0.385 e. The van der Waals surface area contributed by atoms with Crippen molar-refractivity contribution in [3.8, 4) is 11.1 Å². The van der Waals surface area contributed by atoms with Crippen molar-refractivity contribution < 1.29 is 0 Å². The summed E-state index contributed by atoms with van der Waals surface area (Å²) < 4.78 is 0. The van der Waals surface area contributed by atoms with E-state index in [1.807, 2.05) is 12.3 Å². The number of aromatic amines is 1. The number of benzene rings is 1. The van der Waals surface area contributed by atoms with Crippen LogP contribution in [0, 0.1) is 0 Å². The molecule has 4 heteroatoms. The SMILES string of the molecule is CCNc1cccc(-c2cnc3[nH]cc(Cl)c3c2)c1. The van der Waals surface area contributed by atoms with Gasteiger partial charge in [0.1, 0.15) is 5.65 Å². The third-order valence-electron chi connectivity index (χ3n) is 3.06. The van der Waals surface area contributed by atoms with Crippen LogP contribution in [-0.4, -0.2) is 16.5 Å². The Morgan fingerprint density at radius 3 is 3.00 bits per heavy atom. The first kappa shape index (κ1) is 12.1. The van der Waals surface area contributed by atoms with E-state index in [4.69, 9.17) is 11.6 Å². The summed E-state index contributed by atoms with van der Waals surface area (Å²) >= 11 is 6.13. The molecule has 19 heavy (non-hydrogen) atoms. The molecule has 0 aliphatic rings. The first-order valence-corrected chi connectivity index (χ1v) is 6.62. The van der Waals surface area contributed by atoms with Crippen LogP contribution in [0.4, 0.5) is 5.69 Å². The highest BCUT2D eigenvalue weighted by Gasteiger charge is 2.05. The second-order valence-electron chi connectivity index (χ2n) is 4.37. The van der Waals surface area contributed by atoms with Gasteiger partial charge in [0.2, 0.25) is 0 Å². The molecular weight excluding hydrogens is 258 g/mol. The Morgan fingerprint density at radius 1 is 1.26 bits per heavy atom. The molecule has 0 atom stereocenters. The van der Waals surface area contributed by atoms with Crippen molar-refractivity contribution in [1.82, 2.24) is 9.97 Å². The van der Waals surface area contributed by atoms with Gasteiger partial charge < -0.3 is 10.3 Å². The predicted molar refractivity (Wildman–Crippen MR) is 80.7 cm³/mol. The predicted octanol–water partition coefficient (Wildman–Crippen LogP) is 4.32. The van der Waals surface area contributed by atoms with Crippen LogP contribution in [0.3, 0.4) is 0 Å². The first-order valence-electron chi connectivity index (χ1n) is 6.25. The van der Waals surface area contributed by atoms with Crippen molar-refractivity contribution >= 4 is 28.3 Å². The summed E-state index contributed by atoms with van der Waals surface area (Å²) in [5.74, 6) is 0. The Kier molecular flexibility index (Phi) is 3.13. The number of aromatic nitrogens is 2. The van der Waals surface area contributed by atoms with Gasteiger partial charge in [0.15, 0.2) is 0 Å². The highest BCUT2D eigenvalue weighted by Crippen LogP contribution is 2.28. The van der Waals surface area contributed by atoms with E-state index < -0.39 is 0 Å². The summed E-state index contributed by atoms with van der Waals surface area (Å²) in [7, 11) is 0. The smallest absolute Gasteiger partial charge is 0.138 e. The number of hydrogen-bond donors (Lipinski definition) is 2. The minimum Gasteiger partial charge on any atom is -0.385 e. The lowest BCUT2D eigenvalue weighted by atomic mass is 10.1. The molecule has 0 saturated carbocycles. The number of anilines is 1. The zero-order valence-corrected chi connectivity index (χ0v) is 11.3. The Labute approximate surface area is 116 Å². The fraction of sp³-hybridized carbons (Fsp3) is 0.133. The standard InChI is InChI=1S/C15H14ClN3/c1-2-17-12-5-3-4-10(6-12)11-7-13-14(16)9-19-15(13)18-8-11/h3-9,17H,2H2,1H3,(H,18,19). The maximum Gasteiger partial charge on any atom is 0.138 e. The van der Waals surface area contributed by atoms with E-state index in [2.05, 4.69) is 46.5 Å². The fourth-order valence-electron chi connectivity index (χ4n) is 2.14. The second-order valence-corrected chi connectivity index (χ2v) is 4.78. The summed E-state index contributed by atoms with van der Waals surface area (Å²) in [5.41, 5.74) is 4.12. The van der Waals surface area contributed by atoms with Crippen LogP contribution in [-0.2, 0) is 0 Å². The minimum absolute atomic E-state index is 0.701. The van der Waals surface area contributed by atoms with Gasteiger partial charge in [0.05, 0.1) is 5.02 Å². The normalized spacial score (nSPS) is 10.8. The fourth-order valence-corrected chi connectivity index (χ4v) is 2.34. The van der Waals surface area contributed by atoms with Crippen molar-refractivity contribution in [2.75, 3.05) is 11.9 Å². The van der Waals surface area contributed by atoms with E-state index in [0.717, 1.165) is 34.4 Å². The lowest BCUT2D eigenvalue weighted by Gasteiger charge is -2.06. The van der Waals surface area contributed by atoms with E-state index in [0.29, 0.717) is 5.02 Å². The van der Waals surface area contributed by atoms with Crippen LogP contribution < -0.4 is 5.32 Å². The van der Waals surface area contributed by atoms with Crippen molar-refractivity contribution in [3.05, 3.63) is 47.7 Å². The molecule has 3 nitrogen and oxygen atoms in total. The first-order chi connectivity index (χ1) is 9.28. The highest BCUT2D eigenvalue weighted by atomic mass is 35.5. The van der Waals surface area contributed by atoms with Gasteiger partial charge in [-0.05, 0) is 30.7 Å². The molecule has 2 aromatic heterocycles. The van der Waals surface area contributed by atoms with E-state index in [1.54, 1.807) is 6.20 Å². The molecule has 2 heterocycles. The highest BCUT2D eigenvalue weighted by molar-refractivity contribution is 6.35. The van der Waals surface area contributed by atoms with Crippen LogP contribution in [0.1, 0.15) is 6.92 Å². The molecule has 3 aromatic rings. The van der Waals surface area contributed by atoms with Crippen molar-refractivity contribution in [2.45, 2.75) is 6.92 Å². The molecule has 0 fully saturated rings. The minimum atomic E-state index is 0.701. The zero-order chi connectivity index (χ0) is 13.2. The second kappa shape index (κ2) is 4.94. The van der Waals surface area contributed by atoms with Gasteiger partial charge >= 0.3 is 0 Å². The number of pyridine rings is 1. The van der Waals surface area contributed by atoms with Crippen LogP contribution >= 0.6 is 11.6 Å². The average Bonchev–Trinajstić information content (AvgIpc) is 2.81. The summed E-state index contributed by atoms with van der Waals surface area (Å²) in [6, 6.07) is 10.3. The third-order valence-corrected chi connectivity index (χ3v) is 3.37. The van der Waals surface area contributed by atoms with Gasteiger partial charge in [0, 0.05) is 35.6 Å². The number of rotatable bonds is 3. The number of hydrogen-bond acceptors (Lipinski definition) is 2. The number of fused-ring (bicyclic) bond motifs is 1. The monoisotopic (exact) mass is 271 g/mol. The Morgan fingerprint density at radius 2 is 2.16 bits per heavy atom. The van der Waals surface area contributed by atoms with Gasteiger partial charge in [-0.1, -0.05) is 23.7 Å². The molecule has 0 aliphatic heterocycles. The van der Waals surface area contributed by atoms with Crippen LogP contribution in [0.2, 0.25) is 5.02 Å². The molecule has 0 amide bonds. The molecule has 0 spiro atoms. The molecule has 0 radical (unpaired) electrons. The molecule has 0 unspecified atom stereocenters. The molecule has 0 saturated heterocycles. The molecule has 0 aliphatic carbocycles. The maximum atomic E-state index is 6.13. The third kappa shape index (κ3) is 2.29. The van der Waals surface area contributed by atoms with Gasteiger partial charge in [-0.15, -0.1) is 0 Å². The number of nitrogens with zero attached hydrogens (tertiary/aromatic N) is 1. The van der Waals surface area contributed by atoms with Crippen molar-refractivity contribution in [1.29, 1.82) is 0 Å². The van der Waals surface area contributed by atoms with Gasteiger partial charge in [-0.3, -0.25) is 0 Å². The average molecular weight is 272 g/mol. The van der Waals surface area contributed by atoms with Gasteiger partial charge in [0.25, 0.3) is 0 Å². The summed E-state index contributed by atoms with van der Waals surface area (Å²) in [6.07, 6.45) is 3.62. The van der Waals surface area contributed by atoms with Crippen LogP contribution in [0.5, 0.6) is 0 Å². The van der Waals surface area contributed by atoms with E-state index in [9.17, 15) is 0 Å². The Balaban J connectivity index is 2.07. The number of halogens is 1. The Hall–Kier alpha value is -2.00. The van der Waals surface area contributed by atoms with Crippen molar-refractivity contribution in [3.63, 3.8) is 0 Å². The van der Waals surface area contributed by atoms with E-state index in [-0.39, 0.29) is 0 Å². The lowest BCUT2D eigenvalue weighted by molar-refractivity contribution is 1.21. The molecule has 2 N–H and O–H groups in total. The number of H-pyrrole nitrogens is 1. The topological polar surface area (TPSA) is 40.7 Å². The van der Waals surface area contributed by atoms with Crippen molar-refractivity contribution in [2.24, 2.45) is 0 Å². The molecule has 3 rings (SSSR count). The number of nitrogens with one attached hydrogen (secondary N) is 2. The Bertz CT molecular complexity index is 718. The van der Waals surface area contributed by atoms with E-state index >= 15 is 0 Å². The maximum absolute atomic E-state index is 6.13. The molecular formula is C15H14ClN3. The quantitative estimate of drug-likeness (QED) is 0.745. The summed E-state index contributed by atoms with van der Waals surface area (Å²) in [6.45, 7) is 2.99. The summed E-state index contributed by atoms with van der Waals surface area (Å²) in [4.78, 5) is 7.44. The van der Waals surface area contributed by atoms with Gasteiger partial charge in [-0.25, -0.2) is 4.98 Å². The van der Waals surface area contributed by atoms with E-state index in [1.165, 1.54) is 0 Å². The van der Waals surface area contributed by atoms with Gasteiger partial charge in [-0.2, -0.15) is 0 Å². The zero-order valence-electron chi connectivity index (χ0n) is 10.6.